The van der Waals surface area contributed by atoms with Crippen LogP contribution in [0, 0.1) is 11.6 Å². The second-order valence-corrected chi connectivity index (χ2v) is 5.85. The molecule has 3 aromatic rings. The number of benzene rings is 2. The molecule has 4 nitrogen and oxygen atoms in total. The maximum absolute atomic E-state index is 13.7. The molecule has 0 atom stereocenters. The van der Waals surface area contributed by atoms with Crippen LogP contribution in [0.2, 0.25) is 0 Å². The van der Waals surface area contributed by atoms with Gasteiger partial charge < -0.3 is 15.2 Å². The van der Waals surface area contributed by atoms with E-state index >= 15 is 0 Å². The summed E-state index contributed by atoms with van der Waals surface area (Å²) < 4.78 is 26.9. The maximum Gasteiger partial charge on any atom is 0.322 e. The molecule has 1 aromatic heterocycles. The molecule has 2 aromatic carbocycles. The van der Waals surface area contributed by atoms with Gasteiger partial charge in [-0.15, -0.1) is 0 Å². The molecule has 4 rings (SSSR count). The number of aromatic amines is 1. The monoisotopic (exact) mass is 327 g/mol. The zero-order valence-electron chi connectivity index (χ0n) is 12.8. The molecule has 0 saturated carbocycles. The van der Waals surface area contributed by atoms with Gasteiger partial charge in [-0.3, -0.25) is 0 Å². The Morgan fingerprint density at radius 3 is 2.88 bits per heavy atom. The minimum Gasteiger partial charge on any atom is -0.357 e. The first kappa shape index (κ1) is 14.7. The third-order valence-corrected chi connectivity index (χ3v) is 4.34. The van der Waals surface area contributed by atoms with E-state index in [1.54, 1.807) is 4.90 Å². The molecule has 1 aliphatic heterocycles. The average molecular weight is 327 g/mol. The van der Waals surface area contributed by atoms with E-state index in [0.29, 0.717) is 13.1 Å². The summed E-state index contributed by atoms with van der Waals surface area (Å²) in [4.78, 5) is 17.3. The number of para-hydroxylation sites is 1. The van der Waals surface area contributed by atoms with Crippen molar-refractivity contribution < 1.29 is 13.6 Å². The number of amides is 2. The molecular formula is C18H15F2N3O. The molecule has 0 unspecified atom stereocenters. The minimum absolute atomic E-state index is 0.151. The van der Waals surface area contributed by atoms with Crippen molar-refractivity contribution in [1.82, 2.24) is 9.88 Å². The van der Waals surface area contributed by atoms with Crippen LogP contribution in [-0.4, -0.2) is 22.5 Å². The predicted octanol–water partition coefficient (Wildman–Crippen LogP) is 4.04. The van der Waals surface area contributed by atoms with Gasteiger partial charge in [0.15, 0.2) is 0 Å². The summed E-state index contributed by atoms with van der Waals surface area (Å²) >= 11 is 0. The van der Waals surface area contributed by atoms with Crippen molar-refractivity contribution in [2.24, 2.45) is 0 Å². The van der Waals surface area contributed by atoms with Crippen molar-refractivity contribution in [2.75, 3.05) is 11.9 Å². The van der Waals surface area contributed by atoms with Crippen molar-refractivity contribution in [3.8, 4) is 0 Å². The highest BCUT2D eigenvalue weighted by molar-refractivity contribution is 5.90. The Morgan fingerprint density at radius 2 is 2.00 bits per heavy atom. The number of nitrogens with one attached hydrogen (secondary N) is 2. The van der Waals surface area contributed by atoms with Crippen LogP contribution >= 0.6 is 0 Å². The van der Waals surface area contributed by atoms with Crippen LogP contribution in [0.25, 0.3) is 10.9 Å². The molecule has 0 bridgehead atoms. The van der Waals surface area contributed by atoms with Crippen LogP contribution in [0.4, 0.5) is 19.3 Å². The van der Waals surface area contributed by atoms with Gasteiger partial charge in [-0.2, -0.15) is 0 Å². The third kappa shape index (κ3) is 2.50. The summed E-state index contributed by atoms with van der Waals surface area (Å²) in [7, 11) is 0. The number of carbonyl (C=O) groups excluding carboxylic acids is 1. The molecule has 6 heteroatoms. The maximum atomic E-state index is 13.7. The largest absolute Gasteiger partial charge is 0.357 e. The van der Waals surface area contributed by atoms with Crippen molar-refractivity contribution >= 4 is 22.6 Å². The van der Waals surface area contributed by atoms with E-state index < -0.39 is 17.7 Å². The Morgan fingerprint density at radius 1 is 1.17 bits per heavy atom. The van der Waals surface area contributed by atoms with Crippen LogP contribution in [0.5, 0.6) is 0 Å². The van der Waals surface area contributed by atoms with Gasteiger partial charge in [0.25, 0.3) is 0 Å². The SMILES string of the molecule is O=C(Nc1cc(F)ccc1F)N1CCc2c([nH]c3ccccc23)C1. The molecule has 2 amide bonds. The number of aromatic nitrogens is 1. The van der Waals surface area contributed by atoms with Gasteiger partial charge in [0.1, 0.15) is 11.6 Å². The number of fused-ring (bicyclic) bond motifs is 3. The topological polar surface area (TPSA) is 48.1 Å². The second-order valence-electron chi connectivity index (χ2n) is 5.85. The third-order valence-electron chi connectivity index (χ3n) is 4.34. The van der Waals surface area contributed by atoms with Crippen LogP contribution in [-0.2, 0) is 13.0 Å². The van der Waals surface area contributed by atoms with E-state index in [0.717, 1.165) is 35.8 Å². The van der Waals surface area contributed by atoms with Gasteiger partial charge in [-0.25, -0.2) is 13.6 Å². The van der Waals surface area contributed by atoms with E-state index in [-0.39, 0.29) is 5.69 Å². The Bertz CT molecular complexity index is 935. The standard InChI is InChI=1S/C18H15F2N3O/c19-11-5-6-14(20)16(9-11)22-18(24)23-8-7-13-12-3-1-2-4-15(12)21-17(13)10-23/h1-6,9,21H,7-8,10H2,(H,22,24). The highest BCUT2D eigenvalue weighted by Crippen LogP contribution is 2.27. The first-order valence-electron chi connectivity index (χ1n) is 7.71. The zero-order chi connectivity index (χ0) is 16.7. The van der Waals surface area contributed by atoms with Gasteiger partial charge in [-0.1, -0.05) is 18.2 Å². The number of urea groups is 1. The number of H-pyrrole nitrogens is 1. The van der Waals surface area contributed by atoms with Crippen LogP contribution in [0.3, 0.4) is 0 Å². The molecule has 0 spiro atoms. The lowest BCUT2D eigenvalue weighted by atomic mass is 10.0. The highest BCUT2D eigenvalue weighted by atomic mass is 19.1. The molecule has 2 N–H and O–H groups in total. The molecule has 24 heavy (non-hydrogen) atoms. The molecule has 1 aliphatic rings. The lowest BCUT2D eigenvalue weighted by Crippen LogP contribution is -2.39. The van der Waals surface area contributed by atoms with E-state index in [2.05, 4.69) is 16.4 Å². The lowest BCUT2D eigenvalue weighted by molar-refractivity contribution is 0.205. The van der Waals surface area contributed by atoms with Gasteiger partial charge in [-0.05, 0) is 30.2 Å². The van der Waals surface area contributed by atoms with Crippen LogP contribution < -0.4 is 5.32 Å². The zero-order valence-corrected chi connectivity index (χ0v) is 12.8. The van der Waals surface area contributed by atoms with Crippen molar-refractivity contribution in [3.05, 3.63) is 65.4 Å². The van der Waals surface area contributed by atoms with Crippen molar-refractivity contribution in [1.29, 1.82) is 0 Å². The molecule has 0 saturated heterocycles. The van der Waals surface area contributed by atoms with E-state index in [1.165, 1.54) is 10.9 Å². The predicted molar refractivity (Wildman–Crippen MR) is 87.8 cm³/mol. The van der Waals surface area contributed by atoms with Crippen molar-refractivity contribution in [2.45, 2.75) is 13.0 Å². The molecule has 2 heterocycles. The van der Waals surface area contributed by atoms with Gasteiger partial charge in [0.05, 0.1) is 12.2 Å². The Balaban J connectivity index is 1.56. The van der Waals surface area contributed by atoms with Crippen LogP contribution in [0.1, 0.15) is 11.3 Å². The summed E-state index contributed by atoms with van der Waals surface area (Å²) in [6.07, 6.45) is 0.721. The summed E-state index contributed by atoms with van der Waals surface area (Å²) in [6.45, 7) is 0.935. The Hall–Kier alpha value is -2.89. The highest BCUT2D eigenvalue weighted by Gasteiger charge is 2.24. The van der Waals surface area contributed by atoms with Crippen molar-refractivity contribution in [3.63, 3.8) is 0 Å². The molecule has 0 aliphatic carbocycles. The smallest absolute Gasteiger partial charge is 0.322 e. The molecule has 0 radical (unpaired) electrons. The first-order valence-corrected chi connectivity index (χ1v) is 7.71. The number of anilines is 1. The fourth-order valence-corrected chi connectivity index (χ4v) is 3.15. The molecular weight excluding hydrogens is 312 g/mol. The van der Waals surface area contributed by atoms with E-state index in [9.17, 15) is 13.6 Å². The summed E-state index contributed by atoms with van der Waals surface area (Å²) in [6, 6.07) is 10.6. The lowest BCUT2D eigenvalue weighted by Gasteiger charge is -2.27. The second kappa shape index (κ2) is 5.63. The quantitative estimate of drug-likeness (QED) is 0.696. The normalized spacial score (nSPS) is 13.8. The minimum atomic E-state index is -0.659. The Kier molecular flexibility index (Phi) is 3.45. The van der Waals surface area contributed by atoms with E-state index in [1.807, 2.05) is 18.2 Å². The van der Waals surface area contributed by atoms with Crippen LogP contribution in [0.15, 0.2) is 42.5 Å². The summed E-state index contributed by atoms with van der Waals surface area (Å²) in [5.41, 5.74) is 3.09. The Labute approximate surface area is 137 Å². The number of halogens is 2. The van der Waals surface area contributed by atoms with Gasteiger partial charge in [0, 0.05) is 29.2 Å². The van der Waals surface area contributed by atoms with Gasteiger partial charge in [0.2, 0.25) is 0 Å². The molecule has 0 fully saturated rings. The first-order chi connectivity index (χ1) is 11.6. The number of rotatable bonds is 1. The molecule has 122 valence electrons. The number of hydrogen-bond donors (Lipinski definition) is 2. The number of hydrogen-bond acceptors (Lipinski definition) is 1. The summed E-state index contributed by atoms with van der Waals surface area (Å²) in [5, 5.41) is 3.61. The summed E-state index contributed by atoms with van der Waals surface area (Å²) in [5.74, 6) is -1.25. The number of carbonyl (C=O) groups is 1. The average Bonchev–Trinajstić information content (AvgIpc) is 2.95. The number of nitrogens with zero attached hydrogens (tertiary/aromatic N) is 1. The van der Waals surface area contributed by atoms with E-state index in [4.69, 9.17) is 0 Å². The fourth-order valence-electron chi connectivity index (χ4n) is 3.15. The fraction of sp³-hybridized carbons (Fsp3) is 0.167. The van der Waals surface area contributed by atoms with Gasteiger partial charge >= 0.3 is 6.03 Å².